The summed E-state index contributed by atoms with van der Waals surface area (Å²) >= 11 is 3.59. The number of rotatable bonds is 6. The van der Waals surface area contributed by atoms with Crippen LogP contribution in [0.1, 0.15) is 44.3 Å². The van der Waals surface area contributed by atoms with Crippen LogP contribution in [-0.2, 0) is 0 Å². The number of aliphatic hydroxyl groups is 1. The molecule has 104 valence electrons. The molecule has 0 amide bonds. The molecule has 1 aromatic rings. The van der Waals surface area contributed by atoms with Crippen molar-refractivity contribution in [3.05, 3.63) is 28.2 Å². The first-order chi connectivity index (χ1) is 9.13. The van der Waals surface area contributed by atoms with E-state index in [0.717, 1.165) is 21.9 Å². The van der Waals surface area contributed by atoms with Gasteiger partial charge in [0.05, 0.1) is 6.10 Å². The van der Waals surface area contributed by atoms with Crippen molar-refractivity contribution in [2.75, 3.05) is 18.0 Å². The summed E-state index contributed by atoms with van der Waals surface area (Å²) < 4.78 is 1.02. The van der Waals surface area contributed by atoms with E-state index in [9.17, 15) is 5.11 Å². The summed E-state index contributed by atoms with van der Waals surface area (Å²) in [5.74, 6) is 1.82. The summed E-state index contributed by atoms with van der Waals surface area (Å²) in [4.78, 5) is 2.55. The van der Waals surface area contributed by atoms with Crippen LogP contribution in [0.3, 0.4) is 0 Å². The number of halogens is 1. The zero-order valence-electron chi connectivity index (χ0n) is 11.5. The lowest BCUT2D eigenvalue weighted by atomic mass is 10.1. The topological polar surface area (TPSA) is 23.5 Å². The molecular weight excluding hydrogens is 302 g/mol. The maximum Gasteiger partial charge on any atom is 0.0772 e. The summed E-state index contributed by atoms with van der Waals surface area (Å²) in [6.07, 6.45) is 5.17. The van der Waals surface area contributed by atoms with E-state index < -0.39 is 6.10 Å². The fourth-order valence-corrected chi connectivity index (χ4v) is 3.26. The van der Waals surface area contributed by atoms with Crippen molar-refractivity contribution in [3.63, 3.8) is 0 Å². The maximum atomic E-state index is 9.70. The average molecular weight is 324 g/mol. The van der Waals surface area contributed by atoms with E-state index in [1.54, 1.807) is 0 Å². The van der Waals surface area contributed by atoms with Gasteiger partial charge < -0.3 is 10.0 Å². The number of hydrogen-bond donors (Lipinski definition) is 1. The minimum atomic E-state index is -0.413. The van der Waals surface area contributed by atoms with E-state index in [4.69, 9.17) is 0 Å². The first-order valence-electron chi connectivity index (χ1n) is 7.36. The molecule has 1 N–H and O–H groups in total. The zero-order chi connectivity index (χ0) is 13.4. The molecule has 1 unspecified atom stereocenters. The molecule has 0 saturated heterocycles. The van der Waals surface area contributed by atoms with Crippen LogP contribution < -0.4 is 4.90 Å². The summed E-state index contributed by atoms with van der Waals surface area (Å²) in [6.45, 7) is 4.22. The molecular formula is C16H22BrNO. The molecule has 3 rings (SSSR count). The summed E-state index contributed by atoms with van der Waals surface area (Å²) in [7, 11) is 0. The van der Waals surface area contributed by atoms with E-state index in [-0.39, 0.29) is 0 Å². The monoisotopic (exact) mass is 323 g/mol. The van der Waals surface area contributed by atoms with Crippen molar-refractivity contribution in [1.82, 2.24) is 0 Å². The molecule has 0 spiro atoms. The van der Waals surface area contributed by atoms with E-state index in [2.05, 4.69) is 39.0 Å². The van der Waals surface area contributed by atoms with Crippen molar-refractivity contribution in [2.45, 2.75) is 38.7 Å². The molecule has 0 radical (unpaired) electrons. The van der Waals surface area contributed by atoms with Gasteiger partial charge in [-0.25, -0.2) is 0 Å². The second-order valence-corrected chi connectivity index (χ2v) is 7.03. The molecule has 1 atom stereocenters. The quantitative estimate of drug-likeness (QED) is 0.850. The van der Waals surface area contributed by atoms with Crippen molar-refractivity contribution in [1.29, 1.82) is 0 Å². The molecule has 1 aromatic carbocycles. The molecule has 2 nitrogen and oxygen atoms in total. The van der Waals surface area contributed by atoms with E-state index >= 15 is 0 Å². The Kier molecular flexibility index (Phi) is 3.86. The van der Waals surface area contributed by atoms with Crippen LogP contribution in [0.5, 0.6) is 0 Å². The van der Waals surface area contributed by atoms with Gasteiger partial charge in [-0.15, -0.1) is 0 Å². The third-order valence-corrected chi connectivity index (χ3v) is 4.84. The Morgan fingerprint density at radius 2 is 1.79 bits per heavy atom. The number of nitrogens with zero attached hydrogens (tertiary/aromatic N) is 1. The Labute approximate surface area is 123 Å². The van der Waals surface area contributed by atoms with Gasteiger partial charge in [-0.1, -0.05) is 22.0 Å². The lowest BCUT2D eigenvalue weighted by molar-refractivity contribution is 0.198. The van der Waals surface area contributed by atoms with Gasteiger partial charge in [-0.2, -0.15) is 0 Å². The fraction of sp³-hybridized carbons (Fsp3) is 0.625. The first kappa shape index (κ1) is 13.4. The number of aliphatic hydroxyl groups excluding tert-OH is 1. The largest absolute Gasteiger partial charge is 0.389 e. The third kappa shape index (κ3) is 3.51. The Bertz CT molecular complexity index is 438. The highest BCUT2D eigenvalue weighted by Crippen LogP contribution is 2.37. The second-order valence-electron chi connectivity index (χ2n) is 6.17. The van der Waals surface area contributed by atoms with Gasteiger partial charge in [0.1, 0.15) is 0 Å². The van der Waals surface area contributed by atoms with Crippen LogP contribution in [0, 0.1) is 11.8 Å². The molecule has 0 heterocycles. The van der Waals surface area contributed by atoms with Gasteiger partial charge in [0.25, 0.3) is 0 Å². The summed E-state index contributed by atoms with van der Waals surface area (Å²) in [5, 5.41) is 9.70. The highest BCUT2D eigenvalue weighted by Gasteiger charge is 2.29. The fourth-order valence-electron chi connectivity index (χ4n) is 2.56. The number of benzene rings is 1. The van der Waals surface area contributed by atoms with Crippen molar-refractivity contribution >= 4 is 21.6 Å². The Morgan fingerprint density at radius 1 is 1.21 bits per heavy atom. The average Bonchev–Trinajstić information content (AvgIpc) is 3.22. The van der Waals surface area contributed by atoms with Crippen LogP contribution >= 0.6 is 15.9 Å². The zero-order valence-corrected chi connectivity index (χ0v) is 13.1. The van der Waals surface area contributed by atoms with Crippen LogP contribution in [0.4, 0.5) is 5.69 Å². The number of hydrogen-bond acceptors (Lipinski definition) is 2. The SMILES string of the molecule is CC(O)c1ccc(N(CC2CC2)CC2CC2)cc1Br. The predicted molar refractivity (Wildman–Crippen MR) is 82.4 cm³/mol. The van der Waals surface area contributed by atoms with Gasteiger partial charge in [-0.3, -0.25) is 0 Å². The van der Waals surface area contributed by atoms with Gasteiger partial charge in [0, 0.05) is 23.2 Å². The molecule has 2 aliphatic carbocycles. The Hall–Kier alpha value is -0.540. The molecule has 0 aromatic heterocycles. The van der Waals surface area contributed by atoms with E-state index in [0.29, 0.717) is 0 Å². The summed E-state index contributed by atoms with van der Waals surface area (Å²) in [6, 6.07) is 6.39. The van der Waals surface area contributed by atoms with Crippen LogP contribution in [0.25, 0.3) is 0 Å². The predicted octanol–water partition coefficient (Wildman–Crippen LogP) is 4.13. The lowest BCUT2D eigenvalue weighted by Gasteiger charge is -2.26. The van der Waals surface area contributed by atoms with Crippen molar-refractivity contribution in [2.24, 2.45) is 11.8 Å². The first-order valence-corrected chi connectivity index (χ1v) is 8.15. The molecule has 2 saturated carbocycles. The second kappa shape index (κ2) is 5.45. The lowest BCUT2D eigenvalue weighted by Crippen LogP contribution is -2.28. The molecule has 2 aliphatic rings. The van der Waals surface area contributed by atoms with Gasteiger partial charge in [0.2, 0.25) is 0 Å². The Balaban J connectivity index is 1.77. The molecule has 0 aliphatic heterocycles. The minimum Gasteiger partial charge on any atom is -0.389 e. The highest BCUT2D eigenvalue weighted by atomic mass is 79.9. The molecule has 3 heteroatoms. The summed E-state index contributed by atoms with van der Waals surface area (Å²) in [5.41, 5.74) is 2.27. The smallest absolute Gasteiger partial charge is 0.0772 e. The molecule has 19 heavy (non-hydrogen) atoms. The number of anilines is 1. The van der Waals surface area contributed by atoms with Crippen molar-refractivity contribution < 1.29 is 5.11 Å². The van der Waals surface area contributed by atoms with E-state index in [1.165, 1.54) is 44.5 Å². The van der Waals surface area contributed by atoms with Gasteiger partial charge in [-0.05, 0) is 62.1 Å². The normalized spacial score (nSPS) is 20.4. The Morgan fingerprint density at radius 3 is 2.21 bits per heavy atom. The van der Waals surface area contributed by atoms with Gasteiger partial charge in [0.15, 0.2) is 0 Å². The minimum absolute atomic E-state index is 0.413. The van der Waals surface area contributed by atoms with Crippen molar-refractivity contribution in [3.8, 4) is 0 Å². The van der Waals surface area contributed by atoms with Crippen LogP contribution in [0.15, 0.2) is 22.7 Å². The standard InChI is InChI=1S/C16H22BrNO/c1-11(19)15-7-6-14(8-16(15)17)18(9-12-2-3-12)10-13-4-5-13/h6-8,11-13,19H,2-5,9-10H2,1H3. The van der Waals surface area contributed by atoms with Gasteiger partial charge >= 0.3 is 0 Å². The molecule has 2 fully saturated rings. The van der Waals surface area contributed by atoms with Crippen LogP contribution in [0.2, 0.25) is 0 Å². The molecule has 0 bridgehead atoms. The van der Waals surface area contributed by atoms with Crippen LogP contribution in [-0.4, -0.2) is 18.2 Å². The third-order valence-electron chi connectivity index (χ3n) is 4.15. The highest BCUT2D eigenvalue weighted by molar-refractivity contribution is 9.10. The maximum absolute atomic E-state index is 9.70. The van der Waals surface area contributed by atoms with E-state index in [1.807, 2.05) is 6.92 Å².